The third-order valence-corrected chi connectivity index (χ3v) is 4.17. The van der Waals surface area contributed by atoms with Gasteiger partial charge in [0.2, 0.25) is 0 Å². The van der Waals surface area contributed by atoms with Crippen molar-refractivity contribution in [3.05, 3.63) is 47.0 Å². The van der Waals surface area contributed by atoms with Gasteiger partial charge in [-0.3, -0.25) is 0 Å². The molecule has 0 aliphatic carbocycles. The highest BCUT2D eigenvalue weighted by molar-refractivity contribution is 7.99. The molecule has 0 radical (unpaired) electrons. The van der Waals surface area contributed by atoms with Crippen LogP contribution in [0.4, 0.5) is 20.2 Å². The van der Waals surface area contributed by atoms with Crippen molar-refractivity contribution in [3.63, 3.8) is 0 Å². The molecule has 0 aliphatic rings. The van der Waals surface area contributed by atoms with E-state index in [0.29, 0.717) is 17.2 Å². The largest absolute Gasteiger partial charge is 0.497 e. The summed E-state index contributed by atoms with van der Waals surface area (Å²) in [4.78, 5) is -0.0265. The van der Waals surface area contributed by atoms with E-state index < -0.39 is 22.8 Å². The topological polar surface area (TPSA) is 68.8 Å². The zero-order valence-corrected chi connectivity index (χ0v) is 13.8. The first-order valence-electron chi connectivity index (χ1n) is 6.96. The van der Waals surface area contributed by atoms with Gasteiger partial charge >= 0.3 is 0 Å². The molecular weight excluding hydrogens is 332 g/mol. The summed E-state index contributed by atoms with van der Waals surface area (Å²) in [6.07, 6.45) is 0. The van der Waals surface area contributed by atoms with Crippen molar-refractivity contribution in [2.45, 2.75) is 11.8 Å². The average Bonchev–Trinajstić information content (AvgIpc) is 2.61. The third-order valence-electron chi connectivity index (χ3n) is 3.21. The standard InChI is InChI=1S/C17H13F2N3OS/c1-3-24-17-15(19)13(9-21)12(8-20)14(18)16(17)22-10-4-6-11(23-2)7-5-10/h4-7,22H,3H2,1-2H3. The van der Waals surface area contributed by atoms with Crippen LogP contribution >= 0.6 is 11.8 Å². The van der Waals surface area contributed by atoms with Crippen molar-refractivity contribution >= 4 is 23.1 Å². The van der Waals surface area contributed by atoms with Gasteiger partial charge in [-0.25, -0.2) is 8.78 Å². The average molecular weight is 345 g/mol. The van der Waals surface area contributed by atoms with Crippen LogP contribution in [0.5, 0.6) is 5.75 Å². The lowest BCUT2D eigenvalue weighted by atomic mass is 10.1. The van der Waals surface area contributed by atoms with Crippen LogP contribution in [0.25, 0.3) is 0 Å². The molecule has 1 N–H and O–H groups in total. The Bertz CT molecular complexity index is 839. The van der Waals surface area contributed by atoms with Crippen LogP contribution < -0.4 is 10.1 Å². The van der Waals surface area contributed by atoms with E-state index in [0.717, 1.165) is 11.8 Å². The van der Waals surface area contributed by atoms with Crippen LogP contribution in [0.15, 0.2) is 29.2 Å². The maximum Gasteiger partial charge on any atom is 0.167 e. The van der Waals surface area contributed by atoms with Crippen LogP contribution in [-0.4, -0.2) is 12.9 Å². The number of nitriles is 2. The van der Waals surface area contributed by atoms with E-state index in [1.165, 1.54) is 7.11 Å². The van der Waals surface area contributed by atoms with E-state index in [9.17, 15) is 8.78 Å². The lowest BCUT2D eigenvalue weighted by Crippen LogP contribution is -2.05. The maximum atomic E-state index is 14.7. The zero-order valence-electron chi connectivity index (χ0n) is 13.0. The Morgan fingerprint density at radius 3 is 2.17 bits per heavy atom. The van der Waals surface area contributed by atoms with E-state index in [4.69, 9.17) is 15.3 Å². The number of rotatable bonds is 5. The molecule has 0 aliphatic heterocycles. The number of anilines is 2. The summed E-state index contributed by atoms with van der Waals surface area (Å²) in [6.45, 7) is 1.78. The SMILES string of the molecule is CCSc1c(F)c(C#N)c(C#N)c(F)c1Nc1ccc(OC)cc1. The minimum atomic E-state index is -0.942. The number of nitrogens with zero attached hydrogens (tertiary/aromatic N) is 2. The molecule has 7 heteroatoms. The summed E-state index contributed by atoms with van der Waals surface area (Å²) in [6, 6.07) is 9.74. The van der Waals surface area contributed by atoms with Crippen molar-refractivity contribution in [2.75, 3.05) is 18.2 Å². The van der Waals surface area contributed by atoms with Gasteiger partial charge in [0.25, 0.3) is 0 Å². The molecule has 0 aromatic heterocycles. The molecule has 2 rings (SSSR count). The van der Waals surface area contributed by atoms with Gasteiger partial charge in [0.05, 0.1) is 17.7 Å². The molecule has 122 valence electrons. The van der Waals surface area contributed by atoms with E-state index in [2.05, 4.69) is 5.32 Å². The second-order valence-electron chi connectivity index (χ2n) is 4.59. The molecule has 0 bridgehead atoms. The zero-order chi connectivity index (χ0) is 17.7. The van der Waals surface area contributed by atoms with Gasteiger partial charge < -0.3 is 10.1 Å². The van der Waals surface area contributed by atoms with E-state index in [-0.39, 0.29) is 10.6 Å². The first-order valence-corrected chi connectivity index (χ1v) is 7.94. The summed E-state index contributed by atoms with van der Waals surface area (Å²) < 4.78 is 34.3. The number of benzene rings is 2. The maximum absolute atomic E-state index is 14.7. The highest BCUT2D eigenvalue weighted by Crippen LogP contribution is 2.38. The van der Waals surface area contributed by atoms with E-state index >= 15 is 0 Å². The highest BCUT2D eigenvalue weighted by Gasteiger charge is 2.25. The number of hydrogen-bond acceptors (Lipinski definition) is 5. The Hall–Kier alpha value is -2.77. The fourth-order valence-electron chi connectivity index (χ4n) is 2.09. The smallest absolute Gasteiger partial charge is 0.167 e. The Balaban J connectivity index is 2.60. The van der Waals surface area contributed by atoms with Gasteiger partial charge in [-0.05, 0) is 30.0 Å². The predicted molar refractivity (Wildman–Crippen MR) is 88.5 cm³/mol. The minimum absolute atomic E-state index is 0.0265. The van der Waals surface area contributed by atoms with Gasteiger partial charge in [0, 0.05) is 5.69 Å². The van der Waals surface area contributed by atoms with Crippen molar-refractivity contribution < 1.29 is 13.5 Å². The molecule has 2 aromatic carbocycles. The van der Waals surface area contributed by atoms with Gasteiger partial charge in [0.1, 0.15) is 29.0 Å². The van der Waals surface area contributed by atoms with Gasteiger partial charge in [0.15, 0.2) is 11.6 Å². The molecule has 0 atom stereocenters. The van der Waals surface area contributed by atoms with Crippen molar-refractivity contribution in [1.29, 1.82) is 10.5 Å². The Labute approximate surface area is 142 Å². The Morgan fingerprint density at radius 1 is 1.08 bits per heavy atom. The molecule has 0 heterocycles. The fraction of sp³-hybridized carbons (Fsp3) is 0.176. The summed E-state index contributed by atoms with van der Waals surface area (Å²) >= 11 is 1.06. The van der Waals surface area contributed by atoms with E-state index in [1.807, 2.05) is 0 Å². The van der Waals surface area contributed by atoms with Crippen LogP contribution in [0.3, 0.4) is 0 Å². The van der Waals surface area contributed by atoms with Crippen LogP contribution in [0, 0.1) is 34.3 Å². The summed E-state index contributed by atoms with van der Waals surface area (Å²) in [5.74, 6) is -0.738. The first kappa shape index (κ1) is 17.6. The lowest BCUT2D eigenvalue weighted by molar-refractivity contribution is 0.415. The Morgan fingerprint density at radius 2 is 1.67 bits per heavy atom. The third kappa shape index (κ3) is 3.27. The number of ether oxygens (including phenoxy) is 1. The molecular formula is C17H13F2N3OS. The normalized spacial score (nSPS) is 9.92. The number of halogens is 2. The summed E-state index contributed by atoms with van der Waals surface area (Å²) in [5, 5.41) is 20.9. The summed E-state index contributed by atoms with van der Waals surface area (Å²) in [5.41, 5.74) is -0.835. The first-order chi connectivity index (χ1) is 11.6. The van der Waals surface area contributed by atoms with Crippen LogP contribution in [0.1, 0.15) is 18.1 Å². The molecule has 0 saturated carbocycles. The molecule has 2 aromatic rings. The van der Waals surface area contributed by atoms with Crippen LogP contribution in [0.2, 0.25) is 0 Å². The number of nitrogens with one attached hydrogen (secondary N) is 1. The number of hydrogen-bond donors (Lipinski definition) is 1. The lowest BCUT2D eigenvalue weighted by Gasteiger charge is -2.15. The second kappa shape index (κ2) is 7.67. The number of methoxy groups -OCH3 is 1. The Kier molecular flexibility index (Phi) is 5.62. The van der Waals surface area contributed by atoms with Crippen molar-refractivity contribution in [2.24, 2.45) is 0 Å². The van der Waals surface area contributed by atoms with Crippen molar-refractivity contribution in [3.8, 4) is 17.9 Å². The van der Waals surface area contributed by atoms with Crippen LogP contribution in [-0.2, 0) is 0 Å². The molecule has 0 spiro atoms. The quantitative estimate of drug-likeness (QED) is 0.804. The fourth-order valence-corrected chi connectivity index (χ4v) is 2.89. The summed E-state index contributed by atoms with van der Waals surface area (Å²) in [7, 11) is 1.52. The number of thioether (sulfide) groups is 1. The van der Waals surface area contributed by atoms with E-state index in [1.54, 1.807) is 43.3 Å². The predicted octanol–water partition coefficient (Wildman–Crippen LogP) is 4.57. The van der Waals surface area contributed by atoms with Gasteiger partial charge in [-0.2, -0.15) is 10.5 Å². The molecule has 0 saturated heterocycles. The molecule has 0 fully saturated rings. The van der Waals surface area contributed by atoms with Gasteiger partial charge in [-0.15, -0.1) is 11.8 Å². The molecule has 24 heavy (non-hydrogen) atoms. The monoisotopic (exact) mass is 345 g/mol. The minimum Gasteiger partial charge on any atom is -0.497 e. The van der Waals surface area contributed by atoms with Gasteiger partial charge in [-0.1, -0.05) is 6.92 Å². The molecule has 0 unspecified atom stereocenters. The molecule has 0 amide bonds. The van der Waals surface area contributed by atoms with Crippen molar-refractivity contribution in [1.82, 2.24) is 0 Å². The second-order valence-corrected chi connectivity index (χ2v) is 5.87. The molecule has 4 nitrogen and oxygen atoms in total. The highest BCUT2D eigenvalue weighted by atomic mass is 32.2.